The van der Waals surface area contributed by atoms with Crippen molar-refractivity contribution in [2.45, 2.75) is 57.1 Å². The number of piperidine rings is 1. The van der Waals surface area contributed by atoms with E-state index in [1.54, 1.807) is 7.11 Å². The Hall–Kier alpha value is -0.0700. The van der Waals surface area contributed by atoms with Crippen LogP contribution in [-0.4, -0.2) is 55.7 Å². The molecule has 0 aromatic carbocycles. The lowest BCUT2D eigenvalue weighted by molar-refractivity contribution is -0.125. The molecule has 1 atom stereocenters. The summed E-state index contributed by atoms with van der Waals surface area (Å²) in [5.41, 5.74) is 5.75. The molecule has 7 heteroatoms. The fourth-order valence-corrected chi connectivity index (χ4v) is 3.74. The molecule has 1 aliphatic heterocycles. The SMILES string of the molecule is COC1CCN(C2(CNC(=O)C(C)CN)CCCC2)CC1.Cl.Cl. The number of carbonyl (C=O) groups is 1. The maximum absolute atomic E-state index is 12.0. The van der Waals surface area contributed by atoms with E-state index in [4.69, 9.17) is 10.5 Å². The van der Waals surface area contributed by atoms with Crippen LogP contribution in [0.3, 0.4) is 0 Å². The second-order valence-corrected chi connectivity index (χ2v) is 6.71. The highest BCUT2D eigenvalue weighted by Crippen LogP contribution is 2.36. The Morgan fingerprint density at radius 3 is 2.35 bits per heavy atom. The fourth-order valence-electron chi connectivity index (χ4n) is 3.74. The van der Waals surface area contributed by atoms with Crippen molar-refractivity contribution >= 4 is 30.7 Å². The standard InChI is InChI=1S/C16H31N3O2.2ClH/c1-13(11-17)15(20)18-12-16(7-3-4-8-16)19-9-5-14(21-2)6-10-19;;/h13-14H,3-12,17H2,1-2H3,(H,18,20);2*1H. The molecule has 1 saturated carbocycles. The predicted octanol–water partition coefficient (Wildman–Crippen LogP) is 1.96. The summed E-state index contributed by atoms with van der Waals surface area (Å²) in [5, 5.41) is 3.15. The minimum absolute atomic E-state index is 0. The molecule has 3 N–H and O–H groups in total. The van der Waals surface area contributed by atoms with Crippen molar-refractivity contribution in [2.24, 2.45) is 11.7 Å². The third-order valence-corrected chi connectivity index (χ3v) is 5.37. The number of rotatable bonds is 6. The molecule has 1 unspecified atom stereocenters. The molecule has 2 rings (SSSR count). The van der Waals surface area contributed by atoms with Crippen LogP contribution in [0.4, 0.5) is 0 Å². The number of ether oxygens (including phenoxy) is 1. The molecule has 0 bridgehead atoms. The zero-order chi connectivity index (χ0) is 15.3. The second-order valence-electron chi connectivity index (χ2n) is 6.71. The second kappa shape index (κ2) is 10.7. The molecule has 0 radical (unpaired) electrons. The van der Waals surface area contributed by atoms with Gasteiger partial charge in [0, 0.05) is 44.7 Å². The van der Waals surface area contributed by atoms with Gasteiger partial charge in [0.05, 0.1) is 6.10 Å². The number of nitrogens with one attached hydrogen (secondary N) is 1. The highest BCUT2D eigenvalue weighted by atomic mass is 35.5. The number of amides is 1. The smallest absolute Gasteiger partial charge is 0.224 e. The Morgan fingerprint density at radius 2 is 1.87 bits per heavy atom. The zero-order valence-electron chi connectivity index (χ0n) is 14.4. The van der Waals surface area contributed by atoms with Crippen molar-refractivity contribution < 1.29 is 9.53 Å². The first-order valence-electron chi connectivity index (χ1n) is 8.37. The van der Waals surface area contributed by atoms with E-state index in [1.165, 1.54) is 25.7 Å². The van der Waals surface area contributed by atoms with Crippen LogP contribution >= 0.6 is 24.8 Å². The molecule has 0 aromatic rings. The van der Waals surface area contributed by atoms with Crippen LogP contribution in [0.2, 0.25) is 0 Å². The van der Waals surface area contributed by atoms with Crippen molar-refractivity contribution in [1.29, 1.82) is 0 Å². The average Bonchev–Trinajstić information content (AvgIpc) is 3.02. The van der Waals surface area contributed by atoms with E-state index in [9.17, 15) is 4.79 Å². The Labute approximate surface area is 152 Å². The van der Waals surface area contributed by atoms with E-state index in [2.05, 4.69) is 10.2 Å². The highest BCUT2D eigenvalue weighted by Gasteiger charge is 2.41. The summed E-state index contributed by atoms with van der Waals surface area (Å²) in [6.45, 7) is 5.24. The van der Waals surface area contributed by atoms with Crippen LogP contribution < -0.4 is 11.1 Å². The molecular formula is C16H33Cl2N3O2. The van der Waals surface area contributed by atoms with Crippen LogP contribution in [0.25, 0.3) is 0 Å². The molecule has 1 amide bonds. The van der Waals surface area contributed by atoms with Gasteiger partial charge in [0.1, 0.15) is 0 Å². The van der Waals surface area contributed by atoms with Crippen LogP contribution in [0.15, 0.2) is 0 Å². The number of nitrogens with zero attached hydrogens (tertiary/aromatic N) is 1. The van der Waals surface area contributed by atoms with Crippen LogP contribution in [0, 0.1) is 5.92 Å². The number of nitrogens with two attached hydrogens (primary N) is 1. The summed E-state index contributed by atoms with van der Waals surface area (Å²) in [5.74, 6) is -0.00164. The number of methoxy groups -OCH3 is 1. The van der Waals surface area contributed by atoms with Crippen molar-refractivity contribution in [3.8, 4) is 0 Å². The van der Waals surface area contributed by atoms with E-state index in [0.717, 1.165) is 32.5 Å². The van der Waals surface area contributed by atoms with Crippen LogP contribution in [0.1, 0.15) is 45.4 Å². The number of likely N-dealkylation sites (tertiary alicyclic amines) is 1. The number of hydrogen-bond donors (Lipinski definition) is 2. The van der Waals surface area contributed by atoms with Gasteiger partial charge >= 0.3 is 0 Å². The maximum Gasteiger partial charge on any atom is 0.224 e. The fraction of sp³-hybridized carbons (Fsp3) is 0.938. The van der Waals surface area contributed by atoms with E-state index >= 15 is 0 Å². The Bertz CT molecular complexity index is 344. The van der Waals surface area contributed by atoms with Crippen LogP contribution in [0.5, 0.6) is 0 Å². The molecule has 0 aromatic heterocycles. The summed E-state index contributed by atoms with van der Waals surface area (Å²) in [6, 6.07) is 0. The highest BCUT2D eigenvalue weighted by molar-refractivity contribution is 5.85. The number of hydrogen-bond acceptors (Lipinski definition) is 4. The largest absolute Gasteiger partial charge is 0.381 e. The lowest BCUT2D eigenvalue weighted by atomic mass is 9.91. The molecular weight excluding hydrogens is 337 g/mol. The van der Waals surface area contributed by atoms with Gasteiger partial charge in [-0.15, -0.1) is 24.8 Å². The van der Waals surface area contributed by atoms with Gasteiger partial charge in [-0.1, -0.05) is 19.8 Å². The molecule has 2 aliphatic rings. The third-order valence-electron chi connectivity index (χ3n) is 5.37. The van der Waals surface area contributed by atoms with Gasteiger partial charge in [-0.25, -0.2) is 0 Å². The maximum atomic E-state index is 12.0. The summed E-state index contributed by atoms with van der Waals surface area (Å²) < 4.78 is 5.47. The molecule has 2 fully saturated rings. The topological polar surface area (TPSA) is 67.6 Å². The molecule has 1 aliphatic carbocycles. The van der Waals surface area contributed by atoms with E-state index in [-0.39, 0.29) is 42.2 Å². The van der Waals surface area contributed by atoms with Crippen LogP contribution in [-0.2, 0) is 9.53 Å². The average molecular weight is 370 g/mol. The van der Waals surface area contributed by atoms with Crippen molar-refractivity contribution in [2.75, 3.05) is 33.3 Å². The number of carbonyl (C=O) groups excluding carboxylic acids is 1. The van der Waals surface area contributed by atoms with Gasteiger partial charge in [-0.3, -0.25) is 9.69 Å². The molecule has 23 heavy (non-hydrogen) atoms. The van der Waals surface area contributed by atoms with Gasteiger partial charge in [0.15, 0.2) is 0 Å². The van der Waals surface area contributed by atoms with Crippen molar-refractivity contribution in [3.63, 3.8) is 0 Å². The Balaban J connectivity index is 0.00000242. The first-order chi connectivity index (χ1) is 10.1. The third kappa shape index (κ3) is 5.75. The van der Waals surface area contributed by atoms with E-state index in [1.807, 2.05) is 6.92 Å². The zero-order valence-corrected chi connectivity index (χ0v) is 16.0. The lowest BCUT2D eigenvalue weighted by Crippen LogP contribution is -2.57. The number of halogens is 2. The minimum Gasteiger partial charge on any atom is -0.381 e. The van der Waals surface area contributed by atoms with Gasteiger partial charge in [0.25, 0.3) is 0 Å². The summed E-state index contributed by atoms with van der Waals surface area (Å²) in [4.78, 5) is 14.6. The van der Waals surface area contributed by atoms with Gasteiger partial charge in [-0.2, -0.15) is 0 Å². The first kappa shape index (κ1) is 22.9. The lowest BCUT2D eigenvalue weighted by Gasteiger charge is -2.45. The molecule has 0 spiro atoms. The quantitative estimate of drug-likeness (QED) is 0.750. The molecule has 5 nitrogen and oxygen atoms in total. The normalized spacial score (nSPS) is 22.7. The molecule has 1 saturated heterocycles. The Morgan fingerprint density at radius 1 is 1.30 bits per heavy atom. The first-order valence-corrected chi connectivity index (χ1v) is 8.37. The van der Waals surface area contributed by atoms with E-state index in [0.29, 0.717) is 12.6 Å². The van der Waals surface area contributed by atoms with Crippen molar-refractivity contribution in [1.82, 2.24) is 10.2 Å². The molecule has 138 valence electrons. The monoisotopic (exact) mass is 369 g/mol. The minimum atomic E-state index is -0.0947. The van der Waals surface area contributed by atoms with Gasteiger partial charge in [0.2, 0.25) is 5.91 Å². The predicted molar refractivity (Wildman–Crippen MR) is 98.5 cm³/mol. The van der Waals surface area contributed by atoms with E-state index < -0.39 is 0 Å². The summed E-state index contributed by atoms with van der Waals surface area (Å²) in [6.07, 6.45) is 7.55. The summed E-state index contributed by atoms with van der Waals surface area (Å²) in [7, 11) is 1.81. The van der Waals surface area contributed by atoms with Gasteiger partial charge in [-0.05, 0) is 25.7 Å². The van der Waals surface area contributed by atoms with Crippen molar-refractivity contribution in [3.05, 3.63) is 0 Å². The van der Waals surface area contributed by atoms with Gasteiger partial charge < -0.3 is 15.8 Å². The molecule has 1 heterocycles. The Kier molecular flexibility index (Phi) is 10.7. The summed E-state index contributed by atoms with van der Waals surface area (Å²) >= 11 is 0.